The molecule has 0 fully saturated rings. The van der Waals surface area contributed by atoms with Crippen LogP contribution in [0.2, 0.25) is 0 Å². The Kier molecular flexibility index (Phi) is 8.66. The number of benzene rings is 2. The van der Waals surface area contributed by atoms with Gasteiger partial charge in [0.25, 0.3) is 11.8 Å². The van der Waals surface area contributed by atoms with Gasteiger partial charge in [-0.05, 0) is 57.4 Å². The van der Waals surface area contributed by atoms with E-state index in [1.165, 1.54) is 4.90 Å². The molecule has 176 valence electrons. The first kappa shape index (κ1) is 24.5. The van der Waals surface area contributed by atoms with Crippen molar-refractivity contribution in [3.05, 3.63) is 71.4 Å². The van der Waals surface area contributed by atoms with E-state index in [-0.39, 0.29) is 17.9 Å². The SMILES string of the molecule is CCOc1ccc(C2=C(N(CC)Cc3ccccc3)C(=O)N(CCCOC(C)C)C2=O)cc1. The third kappa shape index (κ3) is 6.02. The molecule has 0 spiro atoms. The number of ether oxygens (including phenoxy) is 2. The van der Waals surface area contributed by atoms with Crippen LogP contribution in [0.1, 0.15) is 45.2 Å². The van der Waals surface area contributed by atoms with E-state index >= 15 is 0 Å². The van der Waals surface area contributed by atoms with Gasteiger partial charge < -0.3 is 14.4 Å². The second-order valence-corrected chi connectivity index (χ2v) is 8.22. The van der Waals surface area contributed by atoms with Gasteiger partial charge in [-0.15, -0.1) is 0 Å². The van der Waals surface area contributed by atoms with Gasteiger partial charge >= 0.3 is 0 Å². The molecule has 1 aliphatic rings. The maximum atomic E-state index is 13.5. The number of likely N-dealkylation sites (N-methyl/N-ethyl adjacent to an activating group) is 1. The van der Waals surface area contributed by atoms with Gasteiger partial charge in [0.15, 0.2) is 0 Å². The molecule has 0 aliphatic carbocycles. The highest BCUT2D eigenvalue weighted by atomic mass is 16.5. The molecule has 0 radical (unpaired) electrons. The maximum absolute atomic E-state index is 13.5. The normalized spacial score (nSPS) is 13.9. The van der Waals surface area contributed by atoms with Crippen molar-refractivity contribution < 1.29 is 19.1 Å². The van der Waals surface area contributed by atoms with Crippen molar-refractivity contribution in [1.29, 1.82) is 0 Å². The highest BCUT2D eigenvalue weighted by molar-refractivity contribution is 6.35. The van der Waals surface area contributed by atoms with Gasteiger partial charge in [0, 0.05) is 26.2 Å². The number of carbonyl (C=O) groups excluding carboxylic acids is 2. The predicted molar refractivity (Wildman–Crippen MR) is 129 cm³/mol. The van der Waals surface area contributed by atoms with Gasteiger partial charge in [-0.2, -0.15) is 0 Å². The lowest BCUT2D eigenvalue weighted by Crippen LogP contribution is -2.36. The van der Waals surface area contributed by atoms with Crippen molar-refractivity contribution in [1.82, 2.24) is 9.80 Å². The summed E-state index contributed by atoms with van der Waals surface area (Å²) < 4.78 is 11.2. The quantitative estimate of drug-likeness (QED) is 0.352. The van der Waals surface area contributed by atoms with E-state index in [1.807, 2.05) is 87.2 Å². The largest absolute Gasteiger partial charge is 0.494 e. The molecule has 0 atom stereocenters. The van der Waals surface area contributed by atoms with E-state index in [9.17, 15) is 9.59 Å². The lowest BCUT2D eigenvalue weighted by atomic mass is 10.0. The Hall–Kier alpha value is -3.12. The Labute approximate surface area is 196 Å². The molecule has 0 saturated heterocycles. The standard InChI is InChI=1S/C27H34N2O4/c1-5-28(19-21-11-8-7-9-12-21)25-24(22-13-15-23(16-14-22)32-6-2)26(30)29(27(25)31)17-10-18-33-20(3)4/h7-9,11-16,20H,5-6,10,17-19H2,1-4H3. The third-order valence-corrected chi connectivity index (χ3v) is 5.49. The molecule has 0 saturated carbocycles. The minimum atomic E-state index is -0.254. The Bertz CT molecular complexity index is 967. The van der Waals surface area contributed by atoms with E-state index in [0.29, 0.717) is 50.5 Å². The number of carbonyl (C=O) groups is 2. The number of hydrogen-bond acceptors (Lipinski definition) is 5. The van der Waals surface area contributed by atoms with Crippen LogP contribution in [0.4, 0.5) is 0 Å². The topological polar surface area (TPSA) is 59.1 Å². The van der Waals surface area contributed by atoms with Crippen molar-refractivity contribution in [3.8, 4) is 5.75 Å². The molecule has 1 heterocycles. The molecule has 2 aromatic carbocycles. The zero-order valence-electron chi connectivity index (χ0n) is 20.0. The highest BCUT2D eigenvalue weighted by Crippen LogP contribution is 2.33. The molecule has 0 aromatic heterocycles. The van der Waals surface area contributed by atoms with E-state index in [1.54, 1.807) is 0 Å². The monoisotopic (exact) mass is 450 g/mol. The fraction of sp³-hybridized carbons (Fsp3) is 0.407. The van der Waals surface area contributed by atoms with Crippen molar-refractivity contribution in [3.63, 3.8) is 0 Å². The zero-order valence-corrected chi connectivity index (χ0v) is 20.0. The van der Waals surface area contributed by atoms with Crippen molar-refractivity contribution in [2.24, 2.45) is 0 Å². The van der Waals surface area contributed by atoms with Gasteiger partial charge in [-0.1, -0.05) is 42.5 Å². The van der Waals surface area contributed by atoms with Crippen LogP contribution in [0, 0.1) is 0 Å². The average Bonchev–Trinajstić information content (AvgIpc) is 3.06. The van der Waals surface area contributed by atoms with E-state index in [0.717, 1.165) is 16.9 Å². The number of amides is 2. The van der Waals surface area contributed by atoms with Crippen LogP contribution < -0.4 is 4.74 Å². The fourth-order valence-corrected chi connectivity index (χ4v) is 3.90. The summed E-state index contributed by atoms with van der Waals surface area (Å²) in [4.78, 5) is 30.4. The first-order valence-corrected chi connectivity index (χ1v) is 11.7. The highest BCUT2D eigenvalue weighted by Gasteiger charge is 2.41. The average molecular weight is 451 g/mol. The maximum Gasteiger partial charge on any atom is 0.277 e. The molecule has 2 amide bonds. The molecular weight excluding hydrogens is 416 g/mol. The summed E-state index contributed by atoms with van der Waals surface area (Å²) in [5.74, 6) is 0.237. The van der Waals surface area contributed by atoms with Gasteiger partial charge in [0.1, 0.15) is 11.4 Å². The fourth-order valence-electron chi connectivity index (χ4n) is 3.90. The van der Waals surface area contributed by atoms with Gasteiger partial charge in [-0.3, -0.25) is 14.5 Å². The molecule has 6 nitrogen and oxygen atoms in total. The minimum absolute atomic E-state index is 0.115. The molecule has 0 bridgehead atoms. The van der Waals surface area contributed by atoms with Gasteiger partial charge in [0.05, 0.1) is 18.3 Å². The summed E-state index contributed by atoms with van der Waals surface area (Å²) >= 11 is 0. The second kappa shape index (κ2) is 11.7. The molecule has 0 N–H and O–H groups in total. The number of nitrogens with zero attached hydrogens (tertiary/aromatic N) is 2. The molecule has 2 aromatic rings. The molecule has 1 aliphatic heterocycles. The summed E-state index contributed by atoms with van der Waals surface area (Å²) in [7, 11) is 0. The summed E-state index contributed by atoms with van der Waals surface area (Å²) in [5, 5.41) is 0. The van der Waals surface area contributed by atoms with Crippen molar-refractivity contribution in [2.75, 3.05) is 26.3 Å². The molecule has 33 heavy (non-hydrogen) atoms. The smallest absolute Gasteiger partial charge is 0.277 e. The summed E-state index contributed by atoms with van der Waals surface area (Å²) in [6.45, 7) is 10.4. The molecule has 0 unspecified atom stereocenters. The molecule has 3 rings (SSSR count). The lowest BCUT2D eigenvalue weighted by molar-refractivity contribution is -0.137. The Morgan fingerprint density at radius 3 is 2.24 bits per heavy atom. The van der Waals surface area contributed by atoms with Gasteiger partial charge in [-0.25, -0.2) is 0 Å². The van der Waals surface area contributed by atoms with E-state index in [4.69, 9.17) is 9.47 Å². The first-order chi connectivity index (χ1) is 16.0. The first-order valence-electron chi connectivity index (χ1n) is 11.7. The lowest BCUT2D eigenvalue weighted by Gasteiger charge is -2.25. The van der Waals surface area contributed by atoms with Crippen LogP contribution in [-0.2, 0) is 20.9 Å². The van der Waals surface area contributed by atoms with Gasteiger partial charge in [0.2, 0.25) is 0 Å². The zero-order chi connectivity index (χ0) is 23.8. The Morgan fingerprint density at radius 1 is 0.939 bits per heavy atom. The van der Waals surface area contributed by atoms with Crippen LogP contribution in [0.5, 0.6) is 5.75 Å². The van der Waals surface area contributed by atoms with Crippen LogP contribution in [0.3, 0.4) is 0 Å². The summed E-state index contributed by atoms with van der Waals surface area (Å²) in [6.07, 6.45) is 0.717. The Morgan fingerprint density at radius 2 is 1.64 bits per heavy atom. The van der Waals surface area contributed by atoms with Crippen molar-refractivity contribution >= 4 is 17.4 Å². The van der Waals surface area contributed by atoms with E-state index in [2.05, 4.69) is 0 Å². The minimum Gasteiger partial charge on any atom is -0.494 e. The molecular formula is C27H34N2O4. The van der Waals surface area contributed by atoms with Crippen LogP contribution in [0.25, 0.3) is 5.57 Å². The second-order valence-electron chi connectivity index (χ2n) is 8.22. The van der Waals surface area contributed by atoms with Crippen LogP contribution >= 0.6 is 0 Å². The summed E-state index contributed by atoms with van der Waals surface area (Å²) in [5.41, 5.74) is 2.71. The molecule has 6 heteroatoms. The summed E-state index contributed by atoms with van der Waals surface area (Å²) in [6, 6.07) is 17.4. The van der Waals surface area contributed by atoms with E-state index < -0.39 is 0 Å². The van der Waals surface area contributed by atoms with Crippen molar-refractivity contribution in [2.45, 2.75) is 46.8 Å². The predicted octanol–water partition coefficient (Wildman–Crippen LogP) is 4.50. The Balaban J connectivity index is 1.93. The third-order valence-electron chi connectivity index (χ3n) is 5.49. The van der Waals surface area contributed by atoms with Crippen LogP contribution in [-0.4, -0.2) is 54.0 Å². The number of imide groups is 1. The number of rotatable bonds is 12. The number of hydrogen-bond donors (Lipinski definition) is 0. The van der Waals surface area contributed by atoms with Crippen LogP contribution in [0.15, 0.2) is 60.3 Å².